The summed E-state index contributed by atoms with van der Waals surface area (Å²) in [4.78, 5) is 2.47. The average molecular weight is 276 g/mol. The van der Waals surface area contributed by atoms with Crippen molar-refractivity contribution in [2.45, 2.75) is 39.3 Å². The van der Waals surface area contributed by atoms with Crippen molar-refractivity contribution >= 4 is 0 Å². The Balaban J connectivity index is 2.16. The van der Waals surface area contributed by atoms with Crippen molar-refractivity contribution in [3.05, 3.63) is 35.4 Å². The molecule has 0 bridgehead atoms. The first kappa shape index (κ1) is 15.5. The van der Waals surface area contributed by atoms with Crippen molar-refractivity contribution in [2.75, 3.05) is 32.8 Å². The van der Waals surface area contributed by atoms with Crippen LogP contribution in [0.1, 0.15) is 37.9 Å². The van der Waals surface area contributed by atoms with E-state index in [1.165, 1.54) is 11.1 Å². The van der Waals surface area contributed by atoms with Gasteiger partial charge in [-0.15, -0.1) is 0 Å². The zero-order valence-electron chi connectivity index (χ0n) is 13.1. The highest BCUT2D eigenvalue weighted by atomic mass is 16.5. The zero-order chi connectivity index (χ0) is 14.4. The Morgan fingerprint density at radius 3 is 2.90 bits per heavy atom. The van der Waals surface area contributed by atoms with Gasteiger partial charge in [-0.25, -0.2) is 0 Å². The van der Waals surface area contributed by atoms with Gasteiger partial charge in [0, 0.05) is 13.1 Å². The molecule has 2 atom stereocenters. The second-order valence-corrected chi connectivity index (χ2v) is 5.44. The van der Waals surface area contributed by atoms with E-state index in [0.29, 0.717) is 6.04 Å². The summed E-state index contributed by atoms with van der Waals surface area (Å²) < 4.78 is 6.05. The number of benzene rings is 1. The van der Waals surface area contributed by atoms with Gasteiger partial charge in [0.2, 0.25) is 0 Å². The Hall–Kier alpha value is -0.900. The molecule has 0 saturated carbocycles. The summed E-state index contributed by atoms with van der Waals surface area (Å²) in [6, 6.07) is 9.20. The second-order valence-electron chi connectivity index (χ2n) is 5.44. The monoisotopic (exact) mass is 276 g/mol. The molecule has 0 radical (unpaired) electrons. The molecular formula is C17H28N2O. The molecule has 112 valence electrons. The van der Waals surface area contributed by atoms with Crippen LogP contribution in [0.2, 0.25) is 0 Å². The minimum atomic E-state index is 0.246. The average Bonchev–Trinajstić information content (AvgIpc) is 2.52. The number of hydrogen-bond donors (Lipinski definition) is 1. The van der Waals surface area contributed by atoms with E-state index in [4.69, 9.17) is 4.74 Å². The van der Waals surface area contributed by atoms with Crippen LogP contribution >= 0.6 is 0 Å². The van der Waals surface area contributed by atoms with Gasteiger partial charge < -0.3 is 10.1 Å². The van der Waals surface area contributed by atoms with Crippen molar-refractivity contribution < 1.29 is 4.74 Å². The second kappa shape index (κ2) is 7.77. The van der Waals surface area contributed by atoms with E-state index in [-0.39, 0.29) is 6.10 Å². The smallest absolute Gasteiger partial charge is 0.0896 e. The van der Waals surface area contributed by atoms with E-state index in [0.717, 1.165) is 39.2 Å². The van der Waals surface area contributed by atoms with Crippen LogP contribution in [0.5, 0.6) is 0 Å². The number of likely N-dealkylation sites (N-methyl/N-ethyl adjacent to an activating group) is 2. The highest BCUT2D eigenvalue weighted by molar-refractivity contribution is 5.27. The normalized spacial score (nSPS) is 21.9. The maximum atomic E-state index is 6.05. The van der Waals surface area contributed by atoms with Crippen LogP contribution in [0.15, 0.2) is 24.3 Å². The predicted molar refractivity (Wildman–Crippen MR) is 84.1 cm³/mol. The summed E-state index contributed by atoms with van der Waals surface area (Å²) in [5.74, 6) is 0. The third-order valence-electron chi connectivity index (χ3n) is 4.14. The van der Waals surface area contributed by atoms with Gasteiger partial charge in [0.1, 0.15) is 0 Å². The third kappa shape index (κ3) is 3.81. The molecule has 1 fully saturated rings. The number of aryl methyl sites for hydroxylation is 1. The van der Waals surface area contributed by atoms with Gasteiger partial charge in [0.05, 0.1) is 18.8 Å². The van der Waals surface area contributed by atoms with Gasteiger partial charge in [-0.05, 0) is 30.6 Å². The molecular weight excluding hydrogens is 248 g/mol. The molecule has 20 heavy (non-hydrogen) atoms. The van der Waals surface area contributed by atoms with Crippen LogP contribution in [0.4, 0.5) is 0 Å². The van der Waals surface area contributed by atoms with Crippen LogP contribution in [-0.4, -0.2) is 43.8 Å². The molecule has 0 amide bonds. The van der Waals surface area contributed by atoms with Crippen molar-refractivity contribution in [3.63, 3.8) is 0 Å². The van der Waals surface area contributed by atoms with E-state index in [2.05, 4.69) is 55.3 Å². The Kier molecular flexibility index (Phi) is 6.02. The molecule has 1 saturated heterocycles. The van der Waals surface area contributed by atoms with Crippen LogP contribution < -0.4 is 5.32 Å². The standard InChI is InChI=1S/C17H28N2O/c1-4-14-8-7-9-15(12-14)17(18-5-2)16-13-19(6-3)10-11-20-16/h7-9,12,16-18H,4-6,10-11,13H2,1-3H3. The first-order valence-corrected chi connectivity index (χ1v) is 7.94. The van der Waals surface area contributed by atoms with E-state index < -0.39 is 0 Å². The van der Waals surface area contributed by atoms with Gasteiger partial charge in [-0.2, -0.15) is 0 Å². The minimum Gasteiger partial charge on any atom is -0.374 e. The fourth-order valence-corrected chi connectivity index (χ4v) is 2.91. The summed E-state index contributed by atoms with van der Waals surface area (Å²) >= 11 is 0. The Labute approximate surface area is 123 Å². The molecule has 0 aliphatic carbocycles. The van der Waals surface area contributed by atoms with E-state index in [1.807, 2.05) is 0 Å². The number of nitrogens with zero attached hydrogens (tertiary/aromatic N) is 1. The molecule has 1 aromatic rings. The summed E-state index contributed by atoms with van der Waals surface area (Å²) in [5, 5.41) is 3.61. The maximum Gasteiger partial charge on any atom is 0.0896 e. The summed E-state index contributed by atoms with van der Waals surface area (Å²) in [7, 11) is 0. The van der Waals surface area contributed by atoms with Crippen LogP contribution in [0, 0.1) is 0 Å². The lowest BCUT2D eigenvalue weighted by Crippen LogP contribution is -2.48. The third-order valence-corrected chi connectivity index (χ3v) is 4.14. The van der Waals surface area contributed by atoms with Gasteiger partial charge in [0.15, 0.2) is 0 Å². The van der Waals surface area contributed by atoms with Crippen molar-refractivity contribution in [1.29, 1.82) is 0 Å². The molecule has 0 aromatic heterocycles. The van der Waals surface area contributed by atoms with Crippen molar-refractivity contribution in [1.82, 2.24) is 10.2 Å². The molecule has 1 N–H and O–H groups in total. The van der Waals surface area contributed by atoms with Crippen LogP contribution in [0.25, 0.3) is 0 Å². The number of rotatable bonds is 6. The Morgan fingerprint density at radius 2 is 2.20 bits per heavy atom. The lowest BCUT2D eigenvalue weighted by molar-refractivity contribution is -0.0453. The number of hydrogen-bond acceptors (Lipinski definition) is 3. The molecule has 0 spiro atoms. The largest absolute Gasteiger partial charge is 0.374 e. The van der Waals surface area contributed by atoms with E-state index >= 15 is 0 Å². The first-order valence-electron chi connectivity index (χ1n) is 7.94. The number of morpholine rings is 1. The van der Waals surface area contributed by atoms with E-state index in [9.17, 15) is 0 Å². The van der Waals surface area contributed by atoms with Gasteiger partial charge in [-0.3, -0.25) is 4.90 Å². The molecule has 3 nitrogen and oxygen atoms in total. The summed E-state index contributed by atoms with van der Waals surface area (Å²) in [5.41, 5.74) is 2.75. The van der Waals surface area contributed by atoms with Crippen LogP contribution in [0.3, 0.4) is 0 Å². The minimum absolute atomic E-state index is 0.246. The Morgan fingerprint density at radius 1 is 1.35 bits per heavy atom. The molecule has 1 aliphatic rings. The van der Waals surface area contributed by atoms with Crippen molar-refractivity contribution in [3.8, 4) is 0 Å². The Bertz CT molecular complexity index is 408. The quantitative estimate of drug-likeness (QED) is 0.864. The zero-order valence-corrected chi connectivity index (χ0v) is 13.1. The van der Waals surface area contributed by atoms with Gasteiger partial charge >= 0.3 is 0 Å². The molecule has 1 aliphatic heterocycles. The summed E-state index contributed by atoms with van der Waals surface area (Å²) in [6.45, 7) is 11.6. The highest BCUT2D eigenvalue weighted by Gasteiger charge is 2.28. The van der Waals surface area contributed by atoms with Crippen molar-refractivity contribution in [2.24, 2.45) is 0 Å². The first-order chi connectivity index (χ1) is 9.78. The van der Waals surface area contributed by atoms with Crippen LogP contribution in [-0.2, 0) is 11.2 Å². The predicted octanol–water partition coefficient (Wildman–Crippen LogP) is 2.62. The molecule has 3 heteroatoms. The molecule has 2 unspecified atom stereocenters. The SMILES string of the molecule is CCNC(c1cccc(CC)c1)C1CN(CC)CCO1. The molecule has 2 rings (SSSR count). The highest BCUT2D eigenvalue weighted by Crippen LogP contribution is 2.23. The lowest BCUT2D eigenvalue weighted by Gasteiger charge is -2.37. The van der Waals surface area contributed by atoms with E-state index in [1.54, 1.807) is 0 Å². The summed E-state index contributed by atoms with van der Waals surface area (Å²) in [6.07, 6.45) is 1.33. The number of nitrogens with one attached hydrogen (secondary N) is 1. The maximum absolute atomic E-state index is 6.05. The molecule has 1 heterocycles. The van der Waals surface area contributed by atoms with Gasteiger partial charge in [-0.1, -0.05) is 45.0 Å². The molecule has 1 aromatic carbocycles. The fourth-order valence-electron chi connectivity index (χ4n) is 2.91. The topological polar surface area (TPSA) is 24.5 Å². The fraction of sp³-hybridized carbons (Fsp3) is 0.647. The number of ether oxygens (including phenoxy) is 1. The lowest BCUT2D eigenvalue weighted by atomic mass is 9.97. The van der Waals surface area contributed by atoms with Gasteiger partial charge in [0.25, 0.3) is 0 Å².